The van der Waals surface area contributed by atoms with E-state index in [0.29, 0.717) is 6.42 Å². The summed E-state index contributed by atoms with van der Waals surface area (Å²) in [4.78, 5) is 0. The van der Waals surface area contributed by atoms with Crippen LogP contribution in [0.3, 0.4) is 0 Å². The molecule has 0 aromatic heterocycles. The molecule has 0 heterocycles. The Morgan fingerprint density at radius 3 is 2.59 bits per heavy atom. The van der Waals surface area contributed by atoms with Gasteiger partial charge < -0.3 is 4.74 Å². The molecule has 0 N–H and O–H groups in total. The van der Waals surface area contributed by atoms with Crippen molar-refractivity contribution >= 4 is 15.9 Å². The van der Waals surface area contributed by atoms with E-state index in [0.717, 1.165) is 12.1 Å². The highest BCUT2D eigenvalue weighted by Crippen LogP contribution is 2.30. The van der Waals surface area contributed by atoms with Gasteiger partial charge in [0.05, 0.1) is 22.6 Å². The third-order valence-electron chi connectivity index (χ3n) is 2.24. The van der Waals surface area contributed by atoms with E-state index in [4.69, 9.17) is 10.00 Å². The zero-order chi connectivity index (χ0) is 13.1. The maximum atomic E-state index is 13.4. The number of hydrogen-bond donors (Lipinski definition) is 0. The molecule has 0 saturated carbocycles. The van der Waals surface area contributed by atoms with E-state index < -0.39 is 17.0 Å². The highest BCUT2D eigenvalue weighted by molar-refractivity contribution is 9.10. The fourth-order valence-corrected chi connectivity index (χ4v) is 1.65. The summed E-state index contributed by atoms with van der Waals surface area (Å²) in [7, 11) is 0. The van der Waals surface area contributed by atoms with Gasteiger partial charge in [-0.3, -0.25) is 0 Å². The lowest BCUT2D eigenvalue weighted by Gasteiger charge is -2.16. The van der Waals surface area contributed by atoms with Gasteiger partial charge in [-0.05, 0) is 42.3 Å². The average molecular weight is 304 g/mol. The Morgan fingerprint density at radius 1 is 1.41 bits per heavy atom. The van der Waals surface area contributed by atoms with E-state index in [-0.39, 0.29) is 16.8 Å². The van der Waals surface area contributed by atoms with Crippen LogP contribution in [0, 0.1) is 28.4 Å². The van der Waals surface area contributed by atoms with Gasteiger partial charge in [0.15, 0.2) is 11.6 Å². The molecule has 92 valence electrons. The van der Waals surface area contributed by atoms with E-state index in [1.165, 1.54) is 0 Å². The van der Waals surface area contributed by atoms with Crippen LogP contribution in [0.4, 0.5) is 8.78 Å². The molecular formula is C12H12BrF2NO. The fourth-order valence-electron chi connectivity index (χ4n) is 1.13. The molecule has 0 aliphatic rings. The first-order chi connectivity index (χ1) is 7.85. The van der Waals surface area contributed by atoms with E-state index in [1.807, 2.05) is 0 Å². The lowest BCUT2D eigenvalue weighted by atomic mass is 9.92. The van der Waals surface area contributed by atoms with Crippen LogP contribution < -0.4 is 4.74 Å². The zero-order valence-electron chi connectivity index (χ0n) is 9.56. The van der Waals surface area contributed by atoms with Crippen LogP contribution in [-0.2, 0) is 0 Å². The van der Waals surface area contributed by atoms with Crippen LogP contribution in [0.15, 0.2) is 16.6 Å². The Labute approximate surface area is 107 Å². The first-order valence-corrected chi connectivity index (χ1v) is 5.83. The van der Waals surface area contributed by atoms with Gasteiger partial charge >= 0.3 is 0 Å². The molecule has 17 heavy (non-hydrogen) atoms. The van der Waals surface area contributed by atoms with Gasteiger partial charge in [0.2, 0.25) is 0 Å². The number of ether oxygens (including phenoxy) is 1. The van der Waals surface area contributed by atoms with Crippen molar-refractivity contribution in [2.75, 3.05) is 6.61 Å². The van der Waals surface area contributed by atoms with Crippen molar-refractivity contribution in [3.8, 4) is 11.8 Å². The van der Waals surface area contributed by atoms with Gasteiger partial charge in [0.25, 0.3) is 0 Å². The predicted octanol–water partition coefficient (Wildman–Crippen LogP) is 4.05. The SMILES string of the molecule is CC(C)(C#N)CCOc1c(F)cc(F)cc1Br. The van der Waals surface area contributed by atoms with Crippen molar-refractivity contribution in [1.29, 1.82) is 5.26 Å². The quantitative estimate of drug-likeness (QED) is 0.841. The molecular weight excluding hydrogens is 292 g/mol. The number of nitrogens with zero attached hydrogens (tertiary/aromatic N) is 1. The highest BCUT2D eigenvalue weighted by Gasteiger charge is 2.18. The van der Waals surface area contributed by atoms with Crippen LogP contribution in [0.25, 0.3) is 0 Å². The molecule has 0 amide bonds. The largest absolute Gasteiger partial charge is 0.489 e. The molecule has 0 atom stereocenters. The molecule has 0 radical (unpaired) electrons. The third kappa shape index (κ3) is 3.97. The Hall–Kier alpha value is -1.15. The van der Waals surface area contributed by atoms with E-state index in [2.05, 4.69) is 22.0 Å². The van der Waals surface area contributed by atoms with Crippen LogP contribution in [-0.4, -0.2) is 6.61 Å². The van der Waals surface area contributed by atoms with Gasteiger partial charge in [-0.15, -0.1) is 0 Å². The summed E-state index contributed by atoms with van der Waals surface area (Å²) in [5.74, 6) is -1.45. The van der Waals surface area contributed by atoms with Gasteiger partial charge in [-0.2, -0.15) is 5.26 Å². The predicted molar refractivity (Wildman–Crippen MR) is 63.6 cm³/mol. The van der Waals surface area contributed by atoms with Crippen molar-refractivity contribution in [2.24, 2.45) is 5.41 Å². The van der Waals surface area contributed by atoms with Gasteiger partial charge in [-0.1, -0.05) is 0 Å². The summed E-state index contributed by atoms with van der Waals surface area (Å²) >= 11 is 3.03. The van der Waals surface area contributed by atoms with Gasteiger partial charge in [0.1, 0.15) is 5.82 Å². The summed E-state index contributed by atoms with van der Waals surface area (Å²) in [5, 5.41) is 8.80. The monoisotopic (exact) mass is 303 g/mol. The van der Waals surface area contributed by atoms with Crippen molar-refractivity contribution in [2.45, 2.75) is 20.3 Å². The number of benzene rings is 1. The van der Waals surface area contributed by atoms with Crippen molar-refractivity contribution in [3.63, 3.8) is 0 Å². The third-order valence-corrected chi connectivity index (χ3v) is 2.83. The lowest BCUT2D eigenvalue weighted by Crippen LogP contribution is -2.13. The molecule has 0 aliphatic heterocycles. The molecule has 0 spiro atoms. The molecule has 0 bridgehead atoms. The van der Waals surface area contributed by atoms with Gasteiger partial charge in [-0.25, -0.2) is 8.78 Å². The average Bonchev–Trinajstić information content (AvgIpc) is 2.22. The minimum absolute atomic E-state index is 0.0276. The Kier molecular flexibility index (Phi) is 4.47. The molecule has 0 unspecified atom stereocenters. The Bertz CT molecular complexity index is 431. The standard InChI is InChI=1S/C12H12BrF2NO/c1-12(2,7-16)3-4-17-11-9(13)5-8(14)6-10(11)15/h5-6H,3-4H2,1-2H3. The van der Waals surface area contributed by atoms with Crippen molar-refractivity contribution < 1.29 is 13.5 Å². The van der Waals surface area contributed by atoms with Crippen LogP contribution >= 0.6 is 15.9 Å². The van der Waals surface area contributed by atoms with Crippen LogP contribution in [0.5, 0.6) is 5.75 Å². The van der Waals surface area contributed by atoms with E-state index >= 15 is 0 Å². The van der Waals surface area contributed by atoms with E-state index in [1.54, 1.807) is 13.8 Å². The second-order valence-electron chi connectivity index (χ2n) is 4.29. The zero-order valence-corrected chi connectivity index (χ0v) is 11.1. The molecule has 2 nitrogen and oxygen atoms in total. The normalized spacial score (nSPS) is 11.1. The molecule has 1 aromatic rings. The maximum Gasteiger partial charge on any atom is 0.169 e. The summed E-state index contributed by atoms with van der Waals surface area (Å²) in [6.07, 6.45) is 0.465. The minimum Gasteiger partial charge on any atom is -0.489 e. The van der Waals surface area contributed by atoms with Crippen LogP contribution in [0.1, 0.15) is 20.3 Å². The van der Waals surface area contributed by atoms with Crippen molar-refractivity contribution in [3.05, 3.63) is 28.2 Å². The fraction of sp³-hybridized carbons (Fsp3) is 0.417. The van der Waals surface area contributed by atoms with Gasteiger partial charge in [0, 0.05) is 6.07 Å². The number of halogens is 3. The van der Waals surface area contributed by atoms with E-state index in [9.17, 15) is 8.78 Å². The first kappa shape index (κ1) is 13.9. The topological polar surface area (TPSA) is 33.0 Å². The Balaban J connectivity index is 2.68. The first-order valence-electron chi connectivity index (χ1n) is 5.04. The highest BCUT2D eigenvalue weighted by atomic mass is 79.9. The smallest absolute Gasteiger partial charge is 0.169 e. The molecule has 0 aliphatic carbocycles. The van der Waals surface area contributed by atoms with Crippen LogP contribution in [0.2, 0.25) is 0 Å². The lowest BCUT2D eigenvalue weighted by molar-refractivity contribution is 0.252. The second kappa shape index (κ2) is 5.46. The molecule has 0 saturated heterocycles. The van der Waals surface area contributed by atoms with Crippen molar-refractivity contribution in [1.82, 2.24) is 0 Å². The number of nitriles is 1. The molecule has 1 rings (SSSR count). The summed E-state index contributed by atoms with van der Waals surface area (Å²) in [6, 6.07) is 4.01. The summed E-state index contributed by atoms with van der Waals surface area (Å²) in [5.41, 5.74) is -0.525. The minimum atomic E-state index is -0.758. The molecule has 0 fully saturated rings. The second-order valence-corrected chi connectivity index (χ2v) is 5.15. The Morgan fingerprint density at radius 2 is 2.06 bits per heavy atom. The molecule has 1 aromatic carbocycles. The maximum absolute atomic E-state index is 13.4. The number of hydrogen-bond acceptors (Lipinski definition) is 2. The summed E-state index contributed by atoms with van der Waals surface area (Å²) in [6.45, 7) is 3.74. The number of rotatable bonds is 4. The summed E-state index contributed by atoms with van der Waals surface area (Å²) < 4.78 is 31.6. The molecule has 5 heteroatoms.